The zero-order valence-electron chi connectivity index (χ0n) is 9.71. The van der Waals surface area contributed by atoms with Gasteiger partial charge in [0, 0.05) is 14.5 Å². The molecule has 2 rings (SSSR count). The van der Waals surface area contributed by atoms with Crippen LogP contribution in [0.4, 0.5) is 4.39 Å². The van der Waals surface area contributed by atoms with Gasteiger partial charge in [-0.1, -0.05) is 37.9 Å². The summed E-state index contributed by atoms with van der Waals surface area (Å²) in [6, 6.07) is 10.6. The Morgan fingerprint density at radius 1 is 1.06 bits per heavy atom. The number of benzene rings is 2. The molecular formula is C14H11Br2FO. The van der Waals surface area contributed by atoms with Crippen LogP contribution >= 0.6 is 31.9 Å². The summed E-state index contributed by atoms with van der Waals surface area (Å²) in [4.78, 5) is 0. The topological polar surface area (TPSA) is 9.23 Å². The monoisotopic (exact) mass is 372 g/mol. The largest absolute Gasteiger partial charge is 0.488 e. The Labute approximate surface area is 122 Å². The van der Waals surface area contributed by atoms with E-state index in [9.17, 15) is 4.39 Å². The minimum absolute atomic E-state index is 0.211. The van der Waals surface area contributed by atoms with Crippen molar-refractivity contribution in [3.8, 4) is 5.75 Å². The van der Waals surface area contributed by atoms with Gasteiger partial charge in [0.25, 0.3) is 0 Å². The lowest BCUT2D eigenvalue weighted by Crippen LogP contribution is -1.99. The Bertz CT molecular complexity index is 518. The van der Waals surface area contributed by atoms with Gasteiger partial charge in [-0.05, 0) is 42.8 Å². The summed E-state index contributed by atoms with van der Waals surface area (Å²) in [5, 5.41) is 0. The van der Waals surface area contributed by atoms with E-state index in [1.165, 1.54) is 6.07 Å². The SMILES string of the molecule is Cc1ccc(Br)cc1OCc1cc(Br)ccc1F. The maximum atomic E-state index is 13.5. The van der Waals surface area contributed by atoms with Gasteiger partial charge in [0.1, 0.15) is 18.2 Å². The Kier molecular flexibility index (Phi) is 4.40. The number of halogens is 3. The molecule has 0 N–H and O–H groups in total. The smallest absolute Gasteiger partial charge is 0.129 e. The van der Waals surface area contributed by atoms with E-state index in [4.69, 9.17) is 4.74 Å². The van der Waals surface area contributed by atoms with Gasteiger partial charge >= 0.3 is 0 Å². The molecule has 0 saturated carbocycles. The molecule has 0 aromatic heterocycles. The summed E-state index contributed by atoms with van der Waals surface area (Å²) >= 11 is 6.71. The molecule has 0 heterocycles. The Hall–Kier alpha value is -0.870. The zero-order valence-corrected chi connectivity index (χ0v) is 12.9. The van der Waals surface area contributed by atoms with Gasteiger partial charge in [0.2, 0.25) is 0 Å². The second kappa shape index (κ2) is 5.85. The van der Waals surface area contributed by atoms with Gasteiger partial charge in [-0.15, -0.1) is 0 Å². The third kappa shape index (κ3) is 3.33. The van der Waals surface area contributed by atoms with E-state index in [-0.39, 0.29) is 12.4 Å². The average Bonchev–Trinajstić information content (AvgIpc) is 2.34. The molecule has 0 atom stereocenters. The van der Waals surface area contributed by atoms with Crippen LogP contribution in [0, 0.1) is 12.7 Å². The first-order valence-electron chi connectivity index (χ1n) is 5.39. The molecule has 0 unspecified atom stereocenters. The van der Waals surface area contributed by atoms with Crippen LogP contribution in [0.5, 0.6) is 5.75 Å². The molecule has 0 saturated heterocycles. The molecule has 0 bridgehead atoms. The highest BCUT2D eigenvalue weighted by atomic mass is 79.9. The third-order valence-electron chi connectivity index (χ3n) is 2.54. The van der Waals surface area contributed by atoms with Gasteiger partial charge < -0.3 is 4.74 Å². The maximum Gasteiger partial charge on any atom is 0.129 e. The van der Waals surface area contributed by atoms with Crippen LogP contribution in [0.15, 0.2) is 45.3 Å². The second-order valence-corrected chi connectivity index (χ2v) is 5.77. The first-order chi connectivity index (χ1) is 8.56. The van der Waals surface area contributed by atoms with Crippen LogP contribution in [0.2, 0.25) is 0 Å². The van der Waals surface area contributed by atoms with Gasteiger partial charge in [-0.3, -0.25) is 0 Å². The van der Waals surface area contributed by atoms with Gasteiger partial charge in [-0.25, -0.2) is 4.39 Å². The van der Waals surface area contributed by atoms with E-state index in [0.717, 1.165) is 20.3 Å². The Balaban J connectivity index is 2.16. The standard InChI is InChI=1S/C14H11Br2FO/c1-9-2-3-12(16)7-14(9)18-8-10-6-11(15)4-5-13(10)17/h2-7H,8H2,1H3. The molecular weight excluding hydrogens is 363 g/mol. The van der Waals surface area contributed by atoms with Crippen molar-refractivity contribution in [1.29, 1.82) is 0 Å². The summed E-state index contributed by atoms with van der Waals surface area (Å²) in [6.45, 7) is 2.17. The summed E-state index contributed by atoms with van der Waals surface area (Å²) in [6.07, 6.45) is 0. The minimum Gasteiger partial charge on any atom is -0.488 e. The molecule has 0 spiro atoms. The van der Waals surface area contributed by atoms with E-state index < -0.39 is 0 Å². The third-order valence-corrected chi connectivity index (χ3v) is 3.53. The first kappa shape index (κ1) is 13.6. The first-order valence-corrected chi connectivity index (χ1v) is 6.98. The lowest BCUT2D eigenvalue weighted by molar-refractivity contribution is 0.297. The van der Waals surface area contributed by atoms with Crippen molar-refractivity contribution in [2.24, 2.45) is 0 Å². The molecule has 2 aromatic rings. The molecule has 18 heavy (non-hydrogen) atoms. The minimum atomic E-state index is -0.258. The Morgan fingerprint density at radius 3 is 2.50 bits per heavy atom. The van der Waals surface area contributed by atoms with Gasteiger partial charge in [-0.2, -0.15) is 0 Å². The highest BCUT2D eigenvalue weighted by molar-refractivity contribution is 9.10. The van der Waals surface area contributed by atoms with Crippen molar-refractivity contribution < 1.29 is 9.13 Å². The number of hydrogen-bond acceptors (Lipinski definition) is 1. The summed E-state index contributed by atoms with van der Waals surface area (Å²) in [5.41, 5.74) is 1.55. The van der Waals surface area contributed by atoms with Crippen LogP contribution in [0.25, 0.3) is 0 Å². The molecule has 0 aliphatic heterocycles. The van der Waals surface area contributed by atoms with Crippen molar-refractivity contribution in [1.82, 2.24) is 0 Å². The number of aryl methyl sites for hydroxylation is 1. The lowest BCUT2D eigenvalue weighted by Gasteiger charge is -2.10. The van der Waals surface area contributed by atoms with Crippen molar-refractivity contribution in [3.63, 3.8) is 0 Å². The highest BCUT2D eigenvalue weighted by Crippen LogP contribution is 2.24. The van der Waals surface area contributed by atoms with Crippen LogP contribution in [-0.4, -0.2) is 0 Å². The lowest BCUT2D eigenvalue weighted by atomic mass is 10.2. The fourth-order valence-corrected chi connectivity index (χ4v) is 2.29. The summed E-state index contributed by atoms with van der Waals surface area (Å²) in [5.74, 6) is 0.495. The van der Waals surface area contributed by atoms with E-state index in [1.54, 1.807) is 12.1 Å². The van der Waals surface area contributed by atoms with Gasteiger partial charge in [0.05, 0.1) is 0 Å². The van der Waals surface area contributed by atoms with Crippen molar-refractivity contribution >= 4 is 31.9 Å². The zero-order chi connectivity index (χ0) is 13.1. The van der Waals surface area contributed by atoms with Crippen LogP contribution in [0.1, 0.15) is 11.1 Å². The molecule has 0 radical (unpaired) electrons. The van der Waals surface area contributed by atoms with Crippen LogP contribution in [0.3, 0.4) is 0 Å². The van der Waals surface area contributed by atoms with E-state index in [1.807, 2.05) is 25.1 Å². The quantitative estimate of drug-likeness (QED) is 0.714. The molecule has 1 nitrogen and oxygen atoms in total. The second-order valence-electron chi connectivity index (χ2n) is 3.93. The average molecular weight is 374 g/mol. The predicted molar refractivity (Wildman–Crippen MR) is 77.3 cm³/mol. The normalized spacial score (nSPS) is 10.4. The molecule has 0 fully saturated rings. The van der Waals surface area contributed by atoms with E-state index in [2.05, 4.69) is 31.9 Å². The number of rotatable bonds is 3. The van der Waals surface area contributed by atoms with Crippen LogP contribution in [-0.2, 0) is 6.61 Å². The summed E-state index contributed by atoms with van der Waals surface area (Å²) < 4.78 is 21.0. The van der Waals surface area contributed by atoms with Crippen LogP contribution < -0.4 is 4.74 Å². The predicted octanol–water partition coefficient (Wildman–Crippen LogP) is 5.24. The van der Waals surface area contributed by atoms with Crippen molar-refractivity contribution in [3.05, 3.63) is 62.3 Å². The number of hydrogen-bond donors (Lipinski definition) is 0. The van der Waals surface area contributed by atoms with Crippen molar-refractivity contribution in [2.45, 2.75) is 13.5 Å². The van der Waals surface area contributed by atoms with Gasteiger partial charge in [0.15, 0.2) is 0 Å². The molecule has 2 aromatic carbocycles. The molecule has 0 aliphatic rings. The maximum absolute atomic E-state index is 13.5. The fraction of sp³-hybridized carbons (Fsp3) is 0.143. The molecule has 0 aliphatic carbocycles. The van der Waals surface area contributed by atoms with Crippen molar-refractivity contribution in [2.75, 3.05) is 0 Å². The molecule has 94 valence electrons. The Morgan fingerprint density at radius 2 is 1.72 bits per heavy atom. The van der Waals surface area contributed by atoms with E-state index in [0.29, 0.717) is 5.56 Å². The molecule has 0 amide bonds. The molecule has 4 heteroatoms. The fourth-order valence-electron chi connectivity index (χ4n) is 1.54. The summed E-state index contributed by atoms with van der Waals surface area (Å²) in [7, 11) is 0. The van der Waals surface area contributed by atoms with E-state index >= 15 is 0 Å². The number of ether oxygens (including phenoxy) is 1. The highest BCUT2D eigenvalue weighted by Gasteiger charge is 2.06.